The Labute approximate surface area is 156 Å². The van der Waals surface area contributed by atoms with Crippen LogP contribution >= 0.6 is 11.6 Å². The van der Waals surface area contributed by atoms with E-state index < -0.39 is 0 Å². The van der Waals surface area contributed by atoms with Crippen LogP contribution in [0.25, 0.3) is 5.69 Å². The standard InChI is InChI=1S/C19H18ClN5O/c20-15-6-4-5-14(11-15)17-12-24(10-9-21-17)19(26)18-13-25(23-22-18)16-7-2-1-3-8-16/h1-8,11,13,17,21H,9-10,12H2. The largest absolute Gasteiger partial charge is 0.334 e. The SMILES string of the molecule is O=C(c1cn(-c2ccccc2)nn1)N1CCNC(c2cccc(Cl)c2)C1. The first-order chi connectivity index (χ1) is 12.7. The normalized spacial score (nSPS) is 17.3. The van der Waals surface area contributed by atoms with Crippen molar-refractivity contribution in [2.24, 2.45) is 0 Å². The summed E-state index contributed by atoms with van der Waals surface area (Å²) in [7, 11) is 0. The predicted molar refractivity (Wildman–Crippen MR) is 99.5 cm³/mol. The van der Waals surface area contributed by atoms with Crippen molar-refractivity contribution < 1.29 is 4.79 Å². The second-order valence-corrected chi connectivity index (χ2v) is 6.63. The zero-order valence-corrected chi connectivity index (χ0v) is 14.8. The number of benzene rings is 2. The molecule has 1 aromatic heterocycles. The van der Waals surface area contributed by atoms with Gasteiger partial charge in [0.15, 0.2) is 5.69 Å². The van der Waals surface area contributed by atoms with E-state index in [1.165, 1.54) is 0 Å². The highest BCUT2D eigenvalue weighted by atomic mass is 35.5. The van der Waals surface area contributed by atoms with Crippen molar-refractivity contribution in [3.8, 4) is 5.69 Å². The number of nitrogens with zero attached hydrogens (tertiary/aromatic N) is 4. The summed E-state index contributed by atoms with van der Waals surface area (Å²) in [6.07, 6.45) is 1.67. The Bertz CT molecular complexity index is 911. The van der Waals surface area contributed by atoms with Crippen molar-refractivity contribution in [3.05, 3.63) is 77.1 Å². The summed E-state index contributed by atoms with van der Waals surface area (Å²) in [6.45, 7) is 1.92. The van der Waals surface area contributed by atoms with Gasteiger partial charge in [0, 0.05) is 24.7 Å². The fraction of sp³-hybridized carbons (Fsp3) is 0.211. The Morgan fingerprint density at radius 3 is 2.81 bits per heavy atom. The van der Waals surface area contributed by atoms with Gasteiger partial charge in [0.05, 0.1) is 17.9 Å². The quantitative estimate of drug-likeness (QED) is 0.773. The summed E-state index contributed by atoms with van der Waals surface area (Å²) in [5.41, 5.74) is 2.29. The molecule has 7 heteroatoms. The first-order valence-corrected chi connectivity index (χ1v) is 8.84. The molecule has 2 heterocycles. The van der Waals surface area contributed by atoms with Crippen LogP contribution in [0.1, 0.15) is 22.1 Å². The van der Waals surface area contributed by atoms with E-state index in [1.54, 1.807) is 15.8 Å². The van der Waals surface area contributed by atoms with Crippen LogP contribution in [0, 0.1) is 0 Å². The Morgan fingerprint density at radius 2 is 2.00 bits per heavy atom. The Morgan fingerprint density at radius 1 is 1.15 bits per heavy atom. The van der Waals surface area contributed by atoms with Crippen LogP contribution in [0.4, 0.5) is 0 Å². The highest BCUT2D eigenvalue weighted by molar-refractivity contribution is 6.30. The summed E-state index contributed by atoms with van der Waals surface area (Å²) < 4.78 is 1.61. The minimum Gasteiger partial charge on any atom is -0.334 e. The number of amides is 1. The van der Waals surface area contributed by atoms with Crippen LogP contribution in [0.3, 0.4) is 0 Å². The molecule has 0 bridgehead atoms. The van der Waals surface area contributed by atoms with Crippen molar-refractivity contribution in [3.63, 3.8) is 0 Å². The van der Waals surface area contributed by atoms with Gasteiger partial charge in [-0.15, -0.1) is 5.10 Å². The highest BCUT2D eigenvalue weighted by Gasteiger charge is 2.26. The van der Waals surface area contributed by atoms with E-state index in [4.69, 9.17) is 11.6 Å². The molecule has 1 unspecified atom stereocenters. The van der Waals surface area contributed by atoms with E-state index in [2.05, 4.69) is 15.6 Å². The minimum absolute atomic E-state index is 0.0515. The Hall–Kier alpha value is -2.70. The van der Waals surface area contributed by atoms with E-state index in [0.717, 1.165) is 17.8 Å². The molecule has 6 nitrogen and oxygen atoms in total. The molecule has 0 radical (unpaired) electrons. The first kappa shape index (κ1) is 16.8. The molecule has 132 valence electrons. The maximum Gasteiger partial charge on any atom is 0.276 e. The summed E-state index contributed by atoms with van der Waals surface area (Å²) in [4.78, 5) is 14.7. The Balaban J connectivity index is 1.50. The summed E-state index contributed by atoms with van der Waals surface area (Å²) in [5.74, 6) is -0.110. The van der Waals surface area contributed by atoms with Crippen LogP contribution in [0.2, 0.25) is 5.02 Å². The third kappa shape index (κ3) is 3.47. The summed E-state index contributed by atoms with van der Waals surface area (Å²) >= 11 is 6.09. The van der Waals surface area contributed by atoms with E-state index in [0.29, 0.717) is 23.8 Å². The highest BCUT2D eigenvalue weighted by Crippen LogP contribution is 2.21. The average Bonchev–Trinajstić information content (AvgIpc) is 3.18. The lowest BCUT2D eigenvalue weighted by atomic mass is 10.0. The van der Waals surface area contributed by atoms with Gasteiger partial charge >= 0.3 is 0 Å². The van der Waals surface area contributed by atoms with Crippen LogP contribution in [0.5, 0.6) is 0 Å². The molecule has 0 spiro atoms. The van der Waals surface area contributed by atoms with Crippen LogP contribution < -0.4 is 5.32 Å². The molecule has 1 fully saturated rings. The van der Waals surface area contributed by atoms with Gasteiger partial charge in [-0.1, -0.05) is 47.1 Å². The second-order valence-electron chi connectivity index (χ2n) is 6.20. The molecule has 1 amide bonds. The van der Waals surface area contributed by atoms with E-state index in [9.17, 15) is 4.79 Å². The lowest BCUT2D eigenvalue weighted by Gasteiger charge is -2.33. The lowest BCUT2D eigenvalue weighted by Crippen LogP contribution is -2.48. The molecular weight excluding hydrogens is 350 g/mol. The number of hydrogen-bond donors (Lipinski definition) is 1. The van der Waals surface area contributed by atoms with Gasteiger partial charge in [-0.05, 0) is 29.8 Å². The molecule has 1 N–H and O–H groups in total. The maximum absolute atomic E-state index is 12.8. The number of nitrogens with one attached hydrogen (secondary N) is 1. The zero-order valence-electron chi connectivity index (χ0n) is 14.0. The summed E-state index contributed by atoms with van der Waals surface area (Å²) in [6, 6.07) is 17.4. The van der Waals surface area contributed by atoms with Gasteiger partial charge in [0.2, 0.25) is 0 Å². The number of aromatic nitrogens is 3. The molecule has 1 aliphatic heterocycles. The van der Waals surface area contributed by atoms with Crippen molar-refractivity contribution in [2.75, 3.05) is 19.6 Å². The van der Waals surface area contributed by atoms with Gasteiger partial charge in [-0.2, -0.15) is 0 Å². The number of carbonyl (C=O) groups is 1. The van der Waals surface area contributed by atoms with Gasteiger partial charge in [-0.25, -0.2) is 4.68 Å². The number of hydrogen-bond acceptors (Lipinski definition) is 4. The number of para-hydroxylation sites is 1. The molecule has 0 saturated carbocycles. The maximum atomic E-state index is 12.8. The van der Waals surface area contributed by atoms with E-state index in [-0.39, 0.29) is 11.9 Å². The van der Waals surface area contributed by atoms with Crippen LogP contribution in [-0.2, 0) is 0 Å². The van der Waals surface area contributed by atoms with Gasteiger partial charge in [0.1, 0.15) is 0 Å². The van der Waals surface area contributed by atoms with Gasteiger partial charge in [-0.3, -0.25) is 4.79 Å². The molecule has 1 saturated heterocycles. The number of piperazine rings is 1. The summed E-state index contributed by atoms with van der Waals surface area (Å²) in [5, 5.41) is 12.3. The van der Waals surface area contributed by atoms with E-state index >= 15 is 0 Å². The minimum atomic E-state index is -0.110. The number of carbonyl (C=O) groups excluding carboxylic acids is 1. The fourth-order valence-electron chi connectivity index (χ4n) is 3.11. The smallest absolute Gasteiger partial charge is 0.276 e. The van der Waals surface area contributed by atoms with Crippen molar-refractivity contribution >= 4 is 17.5 Å². The first-order valence-electron chi connectivity index (χ1n) is 8.46. The Kier molecular flexibility index (Phi) is 4.69. The van der Waals surface area contributed by atoms with Gasteiger partial charge < -0.3 is 10.2 Å². The lowest BCUT2D eigenvalue weighted by molar-refractivity contribution is 0.0697. The molecule has 4 rings (SSSR count). The second kappa shape index (κ2) is 7.27. The van der Waals surface area contributed by atoms with Crippen LogP contribution in [0.15, 0.2) is 60.8 Å². The fourth-order valence-corrected chi connectivity index (χ4v) is 3.31. The molecular formula is C19H18ClN5O. The van der Waals surface area contributed by atoms with Gasteiger partial charge in [0.25, 0.3) is 5.91 Å². The molecule has 26 heavy (non-hydrogen) atoms. The molecule has 0 aliphatic carbocycles. The molecule has 1 atom stereocenters. The molecule has 2 aromatic carbocycles. The zero-order chi connectivity index (χ0) is 17.9. The van der Waals surface area contributed by atoms with Crippen molar-refractivity contribution in [1.29, 1.82) is 0 Å². The van der Waals surface area contributed by atoms with Crippen molar-refractivity contribution in [2.45, 2.75) is 6.04 Å². The third-order valence-corrected chi connectivity index (χ3v) is 4.68. The predicted octanol–water partition coefficient (Wildman–Crippen LogP) is 2.71. The number of rotatable bonds is 3. The third-order valence-electron chi connectivity index (χ3n) is 4.45. The van der Waals surface area contributed by atoms with E-state index in [1.807, 2.05) is 54.6 Å². The molecule has 1 aliphatic rings. The average molecular weight is 368 g/mol. The van der Waals surface area contributed by atoms with Crippen molar-refractivity contribution in [1.82, 2.24) is 25.2 Å². The van der Waals surface area contributed by atoms with Crippen LogP contribution in [-0.4, -0.2) is 45.4 Å². The number of halogens is 1. The topological polar surface area (TPSA) is 63.1 Å². The monoisotopic (exact) mass is 367 g/mol. The molecule has 3 aromatic rings.